The van der Waals surface area contributed by atoms with Crippen LogP contribution in [0.5, 0.6) is 0 Å². The van der Waals surface area contributed by atoms with Gasteiger partial charge in [0.1, 0.15) is 0 Å². The fraction of sp³-hybridized carbons (Fsp3) is 0.286. The van der Waals surface area contributed by atoms with Gasteiger partial charge in [-0.2, -0.15) is 0 Å². The zero-order chi connectivity index (χ0) is 25.9. The fourth-order valence-electron chi connectivity index (χ4n) is 6.59. The molecule has 0 bridgehead atoms. The molecule has 0 atom stereocenters. The van der Waals surface area contributed by atoms with Crippen molar-refractivity contribution < 1.29 is 0 Å². The van der Waals surface area contributed by atoms with Crippen LogP contribution in [0.3, 0.4) is 0 Å². The summed E-state index contributed by atoms with van der Waals surface area (Å²) in [6.07, 6.45) is 2.98. The van der Waals surface area contributed by atoms with Crippen LogP contribution in [0.15, 0.2) is 66.9 Å². The number of benzene rings is 4. The summed E-state index contributed by atoms with van der Waals surface area (Å²) in [6.45, 7) is 16.2. The smallest absolute Gasteiger partial charge is 0.0823 e. The monoisotopic (exact) mass is 482 g/mol. The molecule has 7 aromatic rings. The van der Waals surface area contributed by atoms with Crippen LogP contribution in [-0.4, -0.2) is 9.38 Å². The molecule has 0 aliphatic heterocycles. The first-order valence-electron chi connectivity index (χ1n) is 13.5. The molecule has 2 heteroatoms. The van der Waals surface area contributed by atoms with E-state index in [9.17, 15) is 0 Å². The maximum atomic E-state index is 5.05. The molecular formula is C35H34N2. The molecule has 7 rings (SSSR count). The van der Waals surface area contributed by atoms with E-state index in [2.05, 4.69) is 114 Å². The van der Waals surface area contributed by atoms with Crippen molar-refractivity contribution in [3.05, 3.63) is 83.6 Å². The lowest BCUT2D eigenvalue weighted by molar-refractivity contribution is 0.413. The third-order valence-electron chi connectivity index (χ3n) is 8.05. The van der Waals surface area contributed by atoms with E-state index in [-0.39, 0.29) is 10.8 Å². The van der Waals surface area contributed by atoms with Gasteiger partial charge in [0.25, 0.3) is 0 Å². The predicted octanol–water partition coefficient (Wildman–Crippen LogP) is 9.73. The van der Waals surface area contributed by atoms with Crippen LogP contribution in [0.25, 0.3) is 59.8 Å². The van der Waals surface area contributed by atoms with Crippen molar-refractivity contribution in [3.8, 4) is 0 Å². The Hall–Kier alpha value is -3.65. The minimum absolute atomic E-state index is 0.0387. The van der Waals surface area contributed by atoms with Crippen LogP contribution < -0.4 is 0 Å². The summed E-state index contributed by atoms with van der Waals surface area (Å²) in [6, 6.07) is 23.0. The van der Waals surface area contributed by atoms with Crippen LogP contribution in [-0.2, 0) is 11.8 Å². The quantitative estimate of drug-likeness (QED) is 0.168. The van der Waals surface area contributed by atoms with Crippen molar-refractivity contribution in [2.24, 2.45) is 5.41 Å². The lowest BCUT2D eigenvalue weighted by Crippen LogP contribution is -2.12. The van der Waals surface area contributed by atoms with E-state index in [1.54, 1.807) is 0 Å². The van der Waals surface area contributed by atoms with Gasteiger partial charge in [0.05, 0.1) is 22.1 Å². The maximum Gasteiger partial charge on any atom is 0.0823 e. The first kappa shape index (κ1) is 22.5. The first-order chi connectivity index (χ1) is 17.5. The summed E-state index contributed by atoms with van der Waals surface area (Å²) in [5.74, 6) is 0. The van der Waals surface area contributed by atoms with E-state index >= 15 is 0 Å². The van der Waals surface area contributed by atoms with Gasteiger partial charge in [-0.05, 0) is 69.7 Å². The Labute approximate surface area is 218 Å². The topological polar surface area (TPSA) is 17.3 Å². The maximum absolute atomic E-state index is 5.05. The van der Waals surface area contributed by atoms with Crippen molar-refractivity contribution in [1.82, 2.24) is 9.38 Å². The minimum atomic E-state index is 0.0387. The third kappa shape index (κ3) is 3.14. The van der Waals surface area contributed by atoms with E-state index in [1.807, 2.05) is 6.20 Å². The van der Waals surface area contributed by atoms with Crippen LogP contribution in [0, 0.1) is 12.3 Å². The van der Waals surface area contributed by atoms with E-state index in [4.69, 9.17) is 4.98 Å². The van der Waals surface area contributed by atoms with E-state index < -0.39 is 0 Å². The van der Waals surface area contributed by atoms with E-state index in [0.29, 0.717) is 0 Å². The standard InChI is InChI=1S/C35H34N2/c1-20-11-12-22-18-25-31-29-21(15-16-36-31)13-14-23-30-27(35(5,6)7)9-8-10-28(30)37(33(23)29)32(25)26(24(22)17-20)19-34(2,3)4/h8-18H,19H2,1-7H3. The second-order valence-corrected chi connectivity index (χ2v) is 13.2. The molecule has 0 N–H and O–H groups in total. The molecule has 3 heterocycles. The highest BCUT2D eigenvalue weighted by Crippen LogP contribution is 2.46. The Kier molecular flexibility index (Phi) is 4.40. The van der Waals surface area contributed by atoms with Crippen LogP contribution in [0.1, 0.15) is 58.2 Å². The Balaban J connectivity index is 1.88. The predicted molar refractivity (Wildman–Crippen MR) is 161 cm³/mol. The molecule has 0 saturated heterocycles. The molecule has 4 aromatic carbocycles. The van der Waals surface area contributed by atoms with Crippen molar-refractivity contribution in [3.63, 3.8) is 0 Å². The van der Waals surface area contributed by atoms with Gasteiger partial charge in [0.2, 0.25) is 0 Å². The summed E-state index contributed by atoms with van der Waals surface area (Å²) in [4.78, 5) is 5.05. The van der Waals surface area contributed by atoms with E-state index in [1.165, 1.54) is 70.9 Å². The first-order valence-corrected chi connectivity index (χ1v) is 13.5. The Bertz CT molecular complexity index is 2020. The Morgan fingerprint density at radius 3 is 2.27 bits per heavy atom. The summed E-state index contributed by atoms with van der Waals surface area (Å²) < 4.78 is 2.59. The minimum Gasteiger partial charge on any atom is -0.308 e. The van der Waals surface area contributed by atoms with Crippen molar-refractivity contribution in [2.45, 2.75) is 60.3 Å². The second-order valence-electron chi connectivity index (χ2n) is 13.2. The lowest BCUT2D eigenvalue weighted by Gasteiger charge is -2.23. The van der Waals surface area contributed by atoms with Gasteiger partial charge < -0.3 is 4.40 Å². The molecule has 0 spiro atoms. The fourth-order valence-corrected chi connectivity index (χ4v) is 6.59. The highest BCUT2D eigenvalue weighted by atomic mass is 14.9. The molecule has 0 aliphatic carbocycles. The van der Waals surface area contributed by atoms with Gasteiger partial charge in [-0.25, -0.2) is 0 Å². The van der Waals surface area contributed by atoms with Crippen LogP contribution >= 0.6 is 0 Å². The summed E-state index contributed by atoms with van der Waals surface area (Å²) >= 11 is 0. The molecule has 0 radical (unpaired) electrons. The summed E-state index contributed by atoms with van der Waals surface area (Å²) in [7, 11) is 0. The average Bonchev–Trinajstić information content (AvgIpc) is 3.17. The molecule has 0 unspecified atom stereocenters. The molecule has 0 amide bonds. The molecule has 0 aliphatic rings. The molecule has 37 heavy (non-hydrogen) atoms. The second kappa shape index (κ2) is 7.22. The zero-order valence-corrected chi connectivity index (χ0v) is 23.0. The zero-order valence-electron chi connectivity index (χ0n) is 23.0. The molecule has 2 nitrogen and oxygen atoms in total. The van der Waals surface area contributed by atoms with Crippen LogP contribution in [0.4, 0.5) is 0 Å². The largest absolute Gasteiger partial charge is 0.308 e. The average molecular weight is 483 g/mol. The normalized spacial score (nSPS) is 13.4. The van der Waals surface area contributed by atoms with Gasteiger partial charge in [0.15, 0.2) is 0 Å². The Morgan fingerprint density at radius 2 is 1.51 bits per heavy atom. The third-order valence-corrected chi connectivity index (χ3v) is 8.05. The van der Waals surface area contributed by atoms with Gasteiger partial charge in [-0.3, -0.25) is 4.98 Å². The highest BCUT2D eigenvalue weighted by Gasteiger charge is 2.26. The lowest BCUT2D eigenvalue weighted by atomic mass is 9.84. The number of hydrogen-bond acceptors (Lipinski definition) is 1. The summed E-state index contributed by atoms with van der Waals surface area (Å²) in [5, 5.41) is 9.15. The number of nitrogens with zero attached hydrogens (tertiary/aromatic N) is 2. The summed E-state index contributed by atoms with van der Waals surface area (Å²) in [5.41, 5.74) is 9.35. The number of fused-ring (bicyclic) bond motifs is 7. The van der Waals surface area contributed by atoms with Crippen molar-refractivity contribution in [2.75, 3.05) is 0 Å². The molecule has 3 aromatic heterocycles. The van der Waals surface area contributed by atoms with Crippen LogP contribution in [0.2, 0.25) is 0 Å². The molecule has 0 fully saturated rings. The van der Waals surface area contributed by atoms with Gasteiger partial charge in [-0.1, -0.05) is 89.6 Å². The molecular weight excluding hydrogens is 448 g/mol. The Morgan fingerprint density at radius 1 is 0.730 bits per heavy atom. The van der Waals surface area contributed by atoms with Crippen molar-refractivity contribution in [1.29, 1.82) is 0 Å². The van der Waals surface area contributed by atoms with Gasteiger partial charge >= 0.3 is 0 Å². The SMILES string of the molecule is Cc1ccc2cc3c4nccc5ccc6c7c(C(C)(C)C)cccc7n(c3c(CC(C)(C)C)c2c1)c6c54. The van der Waals surface area contributed by atoms with Gasteiger partial charge in [-0.15, -0.1) is 0 Å². The molecule has 184 valence electrons. The number of pyridine rings is 2. The van der Waals surface area contributed by atoms with Crippen molar-refractivity contribution >= 4 is 59.8 Å². The number of aromatic nitrogens is 2. The highest BCUT2D eigenvalue weighted by molar-refractivity contribution is 6.29. The van der Waals surface area contributed by atoms with Gasteiger partial charge in [0, 0.05) is 27.7 Å². The molecule has 0 saturated carbocycles. The number of hydrogen-bond donors (Lipinski definition) is 0. The van der Waals surface area contributed by atoms with E-state index in [0.717, 1.165) is 11.9 Å². The number of aryl methyl sites for hydroxylation is 1. The number of rotatable bonds is 1.